The number of hydrogen-bond acceptors (Lipinski definition) is 5. The van der Waals surface area contributed by atoms with Gasteiger partial charge in [-0.15, -0.1) is 16.8 Å². The highest BCUT2D eigenvalue weighted by molar-refractivity contribution is 5.94. The monoisotopic (exact) mass is 359 g/mol. The Bertz CT molecular complexity index is 1270. The SMILES string of the molecule is C=CCn1c(N=Nc2c(O)[nH]c3ccc(C)cc23)nc2ccccc2c1=O. The van der Waals surface area contributed by atoms with E-state index in [2.05, 4.69) is 26.8 Å². The average Bonchev–Trinajstić information content (AvgIpc) is 2.97. The van der Waals surface area contributed by atoms with Crippen LogP contribution in [0.1, 0.15) is 5.56 Å². The number of H-pyrrole nitrogens is 1. The van der Waals surface area contributed by atoms with E-state index in [1.165, 1.54) is 4.57 Å². The number of benzene rings is 2. The summed E-state index contributed by atoms with van der Waals surface area (Å²) in [6.45, 7) is 5.90. The molecule has 4 aromatic rings. The smallest absolute Gasteiger partial charge is 0.263 e. The van der Waals surface area contributed by atoms with Crippen LogP contribution >= 0.6 is 0 Å². The van der Waals surface area contributed by atoms with Crippen LogP contribution in [0.4, 0.5) is 11.6 Å². The van der Waals surface area contributed by atoms with Gasteiger partial charge >= 0.3 is 0 Å². The molecule has 0 amide bonds. The maximum atomic E-state index is 12.7. The van der Waals surface area contributed by atoms with Crippen LogP contribution in [0.5, 0.6) is 5.88 Å². The van der Waals surface area contributed by atoms with E-state index in [1.54, 1.807) is 24.3 Å². The topological polar surface area (TPSA) is 95.6 Å². The van der Waals surface area contributed by atoms with Gasteiger partial charge in [0.05, 0.1) is 16.4 Å². The summed E-state index contributed by atoms with van der Waals surface area (Å²) in [7, 11) is 0. The van der Waals surface area contributed by atoms with Gasteiger partial charge in [-0.1, -0.05) is 29.8 Å². The molecule has 7 heteroatoms. The van der Waals surface area contributed by atoms with Crippen molar-refractivity contribution in [1.82, 2.24) is 14.5 Å². The molecular weight excluding hydrogens is 342 g/mol. The molecule has 0 aliphatic carbocycles. The lowest BCUT2D eigenvalue weighted by Crippen LogP contribution is -2.20. The summed E-state index contributed by atoms with van der Waals surface area (Å²) in [6.07, 6.45) is 1.60. The van der Waals surface area contributed by atoms with Gasteiger partial charge < -0.3 is 10.1 Å². The molecule has 4 rings (SSSR count). The minimum atomic E-state index is -0.214. The summed E-state index contributed by atoms with van der Waals surface area (Å²) < 4.78 is 1.40. The van der Waals surface area contributed by atoms with Crippen LogP contribution in [-0.4, -0.2) is 19.6 Å². The van der Waals surface area contributed by atoms with Gasteiger partial charge in [0.1, 0.15) is 0 Å². The highest BCUT2D eigenvalue weighted by atomic mass is 16.3. The van der Waals surface area contributed by atoms with Crippen molar-refractivity contribution in [3.8, 4) is 5.88 Å². The molecule has 0 saturated carbocycles. The normalized spacial score (nSPS) is 11.6. The molecule has 27 heavy (non-hydrogen) atoms. The Balaban J connectivity index is 1.90. The average molecular weight is 359 g/mol. The molecule has 0 unspecified atom stereocenters. The van der Waals surface area contributed by atoms with E-state index < -0.39 is 0 Å². The van der Waals surface area contributed by atoms with E-state index in [0.717, 1.165) is 16.5 Å². The summed E-state index contributed by atoms with van der Waals surface area (Å²) in [5, 5.41) is 19.8. The molecular formula is C20H17N5O2. The number of aromatic nitrogens is 3. The number of hydrogen-bond donors (Lipinski definition) is 2. The lowest BCUT2D eigenvalue weighted by Gasteiger charge is -2.07. The van der Waals surface area contributed by atoms with Gasteiger partial charge in [0.2, 0.25) is 5.88 Å². The number of para-hydroxylation sites is 1. The van der Waals surface area contributed by atoms with E-state index in [-0.39, 0.29) is 23.9 Å². The summed E-state index contributed by atoms with van der Waals surface area (Å²) in [5.41, 5.74) is 2.41. The van der Waals surface area contributed by atoms with Crippen molar-refractivity contribution in [1.29, 1.82) is 0 Å². The summed E-state index contributed by atoms with van der Waals surface area (Å²) in [6, 6.07) is 12.8. The van der Waals surface area contributed by atoms with Crippen LogP contribution in [0.15, 0.2) is 70.1 Å². The highest BCUT2D eigenvalue weighted by Crippen LogP contribution is 2.36. The molecule has 2 aromatic carbocycles. The third-order valence-electron chi connectivity index (χ3n) is 4.30. The van der Waals surface area contributed by atoms with E-state index in [4.69, 9.17) is 0 Å². The predicted molar refractivity (Wildman–Crippen MR) is 105 cm³/mol. The zero-order chi connectivity index (χ0) is 19.0. The second kappa shape index (κ2) is 6.53. The van der Waals surface area contributed by atoms with Crippen molar-refractivity contribution < 1.29 is 5.11 Å². The molecule has 0 spiro atoms. The van der Waals surface area contributed by atoms with Gasteiger partial charge in [-0.25, -0.2) is 4.98 Å². The minimum Gasteiger partial charge on any atom is -0.493 e. The van der Waals surface area contributed by atoms with Crippen LogP contribution in [0.2, 0.25) is 0 Å². The number of aromatic amines is 1. The first-order chi connectivity index (χ1) is 13.1. The molecule has 0 radical (unpaired) electrons. The van der Waals surface area contributed by atoms with E-state index >= 15 is 0 Å². The van der Waals surface area contributed by atoms with Crippen molar-refractivity contribution in [2.45, 2.75) is 13.5 Å². The van der Waals surface area contributed by atoms with Gasteiger partial charge in [0, 0.05) is 11.9 Å². The Morgan fingerprint density at radius 1 is 1.22 bits per heavy atom. The molecule has 0 fully saturated rings. The zero-order valence-electron chi connectivity index (χ0n) is 14.7. The second-order valence-electron chi connectivity index (χ2n) is 6.20. The molecule has 0 aliphatic heterocycles. The molecule has 0 atom stereocenters. The molecule has 2 aromatic heterocycles. The largest absolute Gasteiger partial charge is 0.493 e. The van der Waals surface area contributed by atoms with Crippen LogP contribution < -0.4 is 5.56 Å². The van der Waals surface area contributed by atoms with Crippen molar-refractivity contribution in [2.75, 3.05) is 0 Å². The third kappa shape index (κ3) is 2.89. The van der Waals surface area contributed by atoms with Crippen molar-refractivity contribution >= 4 is 33.4 Å². The Labute approximate surface area is 154 Å². The summed E-state index contributed by atoms with van der Waals surface area (Å²) >= 11 is 0. The minimum absolute atomic E-state index is 0.0854. The summed E-state index contributed by atoms with van der Waals surface area (Å²) in [5.74, 6) is 0.0674. The van der Waals surface area contributed by atoms with Gasteiger partial charge in [-0.3, -0.25) is 9.36 Å². The number of rotatable bonds is 4. The predicted octanol–water partition coefficient (Wildman–Crippen LogP) is 4.49. The second-order valence-corrected chi connectivity index (χ2v) is 6.20. The van der Waals surface area contributed by atoms with E-state index in [1.807, 2.05) is 31.2 Å². The van der Waals surface area contributed by atoms with Crippen LogP contribution in [0.25, 0.3) is 21.8 Å². The fourth-order valence-corrected chi connectivity index (χ4v) is 3.00. The van der Waals surface area contributed by atoms with E-state index in [0.29, 0.717) is 16.6 Å². The van der Waals surface area contributed by atoms with Crippen molar-refractivity contribution in [2.24, 2.45) is 10.2 Å². The third-order valence-corrected chi connectivity index (χ3v) is 4.30. The van der Waals surface area contributed by atoms with Crippen LogP contribution in [0, 0.1) is 6.92 Å². The van der Waals surface area contributed by atoms with Crippen molar-refractivity contribution in [3.63, 3.8) is 0 Å². The number of nitrogens with one attached hydrogen (secondary N) is 1. The molecule has 0 bridgehead atoms. The van der Waals surface area contributed by atoms with Crippen LogP contribution in [-0.2, 0) is 6.54 Å². The maximum Gasteiger partial charge on any atom is 0.263 e. The number of allylic oxidation sites excluding steroid dienone is 1. The first kappa shape index (κ1) is 16.7. The van der Waals surface area contributed by atoms with Gasteiger partial charge in [0.15, 0.2) is 5.69 Å². The summed E-state index contributed by atoms with van der Waals surface area (Å²) in [4.78, 5) is 20.1. The Morgan fingerprint density at radius 2 is 2.04 bits per heavy atom. The Morgan fingerprint density at radius 3 is 2.85 bits per heavy atom. The Kier molecular flexibility index (Phi) is 4.04. The fraction of sp³-hybridized carbons (Fsp3) is 0.100. The standard InChI is InChI=1S/C20H17N5O2/c1-3-10-25-19(27)13-6-4-5-7-15(13)22-20(25)24-23-17-14-11-12(2)8-9-16(14)21-18(17)26/h3-9,11,21,26H,1,10H2,2H3. The number of aromatic hydroxyl groups is 1. The van der Waals surface area contributed by atoms with Gasteiger partial charge in [-0.2, -0.15) is 0 Å². The number of aryl methyl sites for hydroxylation is 1. The fourth-order valence-electron chi connectivity index (χ4n) is 3.00. The molecule has 7 nitrogen and oxygen atoms in total. The highest BCUT2D eigenvalue weighted by Gasteiger charge is 2.13. The lowest BCUT2D eigenvalue weighted by atomic mass is 10.2. The quantitative estimate of drug-likeness (QED) is 0.415. The van der Waals surface area contributed by atoms with Gasteiger partial charge in [0.25, 0.3) is 11.5 Å². The van der Waals surface area contributed by atoms with E-state index in [9.17, 15) is 9.90 Å². The van der Waals surface area contributed by atoms with Crippen LogP contribution in [0.3, 0.4) is 0 Å². The Hall–Kier alpha value is -3.74. The number of fused-ring (bicyclic) bond motifs is 2. The molecule has 2 heterocycles. The lowest BCUT2D eigenvalue weighted by molar-refractivity contribution is 0.459. The zero-order valence-corrected chi connectivity index (χ0v) is 14.7. The number of azo groups is 1. The molecule has 0 saturated heterocycles. The van der Waals surface area contributed by atoms with Crippen molar-refractivity contribution in [3.05, 3.63) is 71.0 Å². The first-order valence-corrected chi connectivity index (χ1v) is 8.42. The first-order valence-electron chi connectivity index (χ1n) is 8.42. The van der Waals surface area contributed by atoms with Gasteiger partial charge in [-0.05, 0) is 31.2 Å². The molecule has 0 aliphatic rings. The molecule has 134 valence electrons. The maximum absolute atomic E-state index is 12.7. The number of nitrogens with zero attached hydrogens (tertiary/aromatic N) is 4. The molecule has 2 N–H and O–H groups in total.